The van der Waals surface area contributed by atoms with E-state index in [4.69, 9.17) is 0 Å². The van der Waals surface area contributed by atoms with Gasteiger partial charge in [0.2, 0.25) is 5.95 Å². The van der Waals surface area contributed by atoms with Gasteiger partial charge in [0, 0.05) is 24.2 Å². The molecule has 6 nitrogen and oxygen atoms in total. The zero-order valence-electron chi connectivity index (χ0n) is 15.8. The summed E-state index contributed by atoms with van der Waals surface area (Å²) >= 11 is 0.516. The fraction of sp³-hybridized carbons (Fsp3) is 0.368. The summed E-state index contributed by atoms with van der Waals surface area (Å²) < 4.78 is 39.5. The van der Waals surface area contributed by atoms with Gasteiger partial charge in [-0.15, -0.1) is 11.3 Å². The second-order valence-electron chi connectivity index (χ2n) is 7.01. The van der Waals surface area contributed by atoms with Crippen molar-refractivity contribution < 1.29 is 13.2 Å². The molecule has 0 unspecified atom stereocenters. The summed E-state index contributed by atoms with van der Waals surface area (Å²) in [4.78, 5) is 26.7. The highest BCUT2D eigenvalue weighted by Crippen LogP contribution is 2.32. The molecule has 1 aromatic carbocycles. The summed E-state index contributed by atoms with van der Waals surface area (Å²) in [7, 11) is 0. The zero-order chi connectivity index (χ0) is 20.8. The molecule has 0 aliphatic carbocycles. The molecule has 4 rings (SSSR count). The molecule has 2 aromatic heterocycles. The molecule has 0 saturated carbocycles. The summed E-state index contributed by atoms with van der Waals surface area (Å²) in [6.45, 7) is 4.98. The summed E-state index contributed by atoms with van der Waals surface area (Å²) in [5, 5.41) is -0.932. The average molecular weight is 421 g/mol. The lowest BCUT2D eigenvalue weighted by Gasteiger charge is -2.29. The minimum Gasteiger partial charge on any atom is -0.336 e. The SMILES string of the molecule is Cc1ccc2c(c1)CCN(c1nc(C)n(Cc3cnc(C(F)(F)F)s3)c(=O)n1)C2. The van der Waals surface area contributed by atoms with Gasteiger partial charge in [0.15, 0.2) is 5.01 Å². The second-order valence-corrected chi connectivity index (χ2v) is 8.13. The van der Waals surface area contributed by atoms with Crippen LogP contribution in [0.3, 0.4) is 0 Å². The predicted molar refractivity (Wildman–Crippen MR) is 103 cm³/mol. The molecule has 0 spiro atoms. The van der Waals surface area contributed by atoms with E-state index in [1.807, 2.05) is 4.90 Å². The topological polar surface area (TPSA) is 63.9 Å². The highest BCUT2D eigenvalue weighted by atomic mass is 32.1. The molecule has 0 fully saturated rings. The van der Waals surface area contributed by atoms with E-state index in [0.29, 0.717) is 41.1 Å². The van der Waals surface area contributed by atoms with Crippen molar-refractivity contribution in [2.45, 2.75) is 39.5 Å². The van der Waals surface area contributed by atoms with Crippen LogP contribution in [0.4, 0.5) is 19.1 Å². The third-order valence-electron chi connectivity index (χ3n) is 4.85. The number of aromatic nitrogens is 4. The lowest BCUT2D eigenvalue weighted by Crippen LogP contribution is -2.36. The van der Waals surface area contributed by atoms with Crippen molar-refractivity contribution in [3.8, 4) is 0 Å². The molecule has 0 bridgehead atoms. The third-order valence-corrected chi connectivity index (χ3v) is 5.87. The monoisotopic (exact) mass is 421 g/mol. The van der Waals surface area contributed by atoms with Gasteiger partial charge in [0.25, 0.3) is 0 Å². The molecule has 3 aromatic rings. The van der Waals surface area contributed by atoms with Crippen LogP contribution < -0.4 is 10.6 Å². The van der Waals surface area contributed by atoms with Gasteiger partial charge in [0.05, 0.1) is 6.54 Å². The third kappa shape index (κ3) is 4.02. The number of thiazole rings is 1. The minimum atomic E-state index is -4.49. The molecule has 1 aliphatic heterocycles. The fourth-order valence-corrected chi connectivity index (χ4v) is 4.13. The van der Waals surface area contributed by atoms with Crippen LogP contribution in [0.1, 0.15) is 32.4 Å². The van der Waals surface area contributed by atoms with E-state index in [2.05, 4.69) is 40.1 Å². The number of benzene rings is 1. The Hall–Kier alpha value is -2.75. The van der Waals surface area contributed by atoms with Crippen LogP contribution in [-0.2, 0) is 25.7 Å². The normalized spacial score (nSPS) is 14.2. The molecule has 29 heavy (non-hydrogen) atoms. The van der Waals surface area contributed by atoms with Crippen molar-refractivity contribution >= 4 is 17.3 Å². The Balaban J connectivity index is 1.57. The van der Waals surface area contributed by atoms with Crippen LogP contribution in [0.2, 0.25) is 0 Å². The Morgan fingerprint density at radius 3 is 2.66 bits per heavy atom. The molecule has 152 valence electrons. The first-order valence-electron chi connectivity index (χ1n) is 9.01. The minimum absolute atomic E-state index is 0.0409. The Morgan fingerprint density at radius 1 is 1.17 bits per heavy atom. The number of hydrogen-bond donors (Lipinski definition) is 0. The van der Waals surface area contributed by atoms with Crippen molar-refractivity contribution in [1.82, 2.24) is 19.5 Å². The molecule has 0 saturated heterocycles. The number of anilines is 1. The quantitative estimate of drug-likeness (QED) is 0.649. The summed E-state index contributed by atoms with van der Waals surface area (Å²) in [6.07, 6.45) is -2.52. The van der Waals surface area contributed by atoms with E-state index in [9.17, 15) is 18.0 Å². The number of hydrogen-bond acceptors (Lipinski definition) is 6. The second kappa shape index (κ2) is 7.25. The van der Waals surface area contributed by atoms with Gasteiger partial charge in [-0.3, -0.25) is 4.57 Å². The van der Waals surface area contributed by atoms with Gasteiger partial charge in [-0.25, -0.2) is 9.78 Å². The van der Waals surface area contributed by atoms with Crippen LogP contribution in [0.15, 0.2) is 29.2 Å². The lowest BCUT2D eigenvalue weighted by molar-refractivity contribution is -0.137. The van der Waals surface area contributed by atoms with Gasteiger partial charge in [-0.05, 0) is 31.4 Å². The maximum Gasteiger partial charge on any atom is 0.443 e. The van der Waals surface area contributed by atoms with Gasteiger partial charge in [-0.2, -0.15) is 23.1 Å². The van der Waals surface area contributed by atoms with Crippen LogP contribution in [0.5, 0.6) is 0 Å². The number of rotatable bonds is 3. The number of nitrogens with zero attached hydrogens (tertiary/aromatic N) is 5. The van der Waals surface area contributed by atoms with E-state index in [0.717, 1.165) is 12.6 Å². The summed E-state index contributed by atoms with van der Waals surface area (Å²) in [6, 6.07) is 6.30. The Bertz CT molecular complexity index is 1120. The molecular formula is C19H18F3N5OS. The number of alkyl halides is 3. The molecule has 1 aliphatic rings. The van der Waals surface area contributed by atoms with Crippen LogP contribution in [0, 0.1) is 13.8 Å². The molecule has 10 heteroatoms. The number of aryl methyl sites for hydroxylation is 2. The molecular weight excluding hydrogens is 403 g/mol. The van der Waals surface area contributed by atoms with Gasteiger partial charge in [0.1, 0.15) is 5.82 Å². The fourth-order valence-electron chi connectivity index (χ4n) is 3.36. The van der Waals surface area contributed by atoms with E-state index in [1.54, 1.807) is 6.92 Å². The Morgan fingerprint density at radius 2 is 1.97 bits per heavy atom. The Kier molecular flexibility index (Phi) is 4.89. The van der Waals surface area contributed by atoms with Gasteiger partial charge in [-0.1, -0.05) is 23.8 Å². The predicted octanol–water partition coefficient (Wildman–Crippen LogP) is 3.34. The molecule has 0 radical (unpaired) electrons. The average Bonchev–Trinajstić information content (AvgIpc) is 3.13. The lowest BCUT2D eigenvalue weighted by atomic mass is 9.98. The van der Waals surface area contributed by atoms with Crippen molar-refractivity contribution in [1.29, 1.82) is 0 Å². The smallest absolute Gasteiger partial charge is 0.336 e. The largest absolute Gasteiger partial charge is 0.443 e. The first-order chi connectivity index (χ1) is 13.7. The molecule has 0 N–H and O–H groups in total. The van der Waals surface area contributed by atoms with Crippen LogP contribution >= 0.6 is 11.3 Å². The standard InChI is InChI=1S/C19H18F3N5OS/c1-11-3-4-14-9-26(6-5-13(14)7-11)17-24-12(2)27(18(28)25-17)10-15-8-23-16(29-15)19(20,21)22/h3-4,7-8H,5-6,9-10H2,1-2H3. The maximum absolute atomic E-state index is 12.7. The Labute approximate surface area is 168 Å². The maximum atomic E-state index is 12.7. The highest BCUT2D eigenvalue weighted by Gasteiger charge is 2.34. The summed E-state index contributed by atoms with van der Waals surface area (Å²) in [5.41, 5.74) is 3.14. The number of fused-ring (bicyclic) bond motifs is 1. The van der Waals surface area contributed by atoms with E-state index >= 15 is 0 Å². The van der Waals surface area contributed by atoms with E-state index < -0.39 is 16.9 Å². The zero-order valence-corrected chi connectivity index (χ0v) is 16.6. The highest BCUT2D eigenvalue weighted by molar-refractivity contribution is 7.11. The van der Waals surface area contributed by atoms with Crippen LogP contribution in [0.25, 0.3) is 0 Å². The molecule has 0 atom stereocenters. The molecule has 3 heterocycles. The number of halogens is 3. The van der Waals surface area contributed by atoms with Crippen molar-refractivity contribution in [2.24, 2.45) is 0 Å². The van der Waals surface area contributed by atoms with Gasteiger partial charge < -0.3 is 4.90 Å². The van der Waals surface area contributed by atoms with E-state index in [-0.39, 0.29) is 6.54 Å². The van der Waals surface area contributed by atoms with Crippen molar-refractivity contribution in [3.05, 3.63) is 67.3 Å². The first-order valence-corrected chi connectivity index (χ1v) is 9.83. The molecule has 0 amide bonds. The van der Waals surface area contributed by atoms with E-state index in [1.165, 1.54) is 21.3 Å². The van der Waals surface area contributed by atoms with Crippen molar-refractivity contribution in [2.75, 3.05) is 11.4 Å². The van der Waals surface area contributed by atoms with Gasteiger partial charge >= 0.3 is 11.9 Å². The first kappa shape index (κ1) is 19.6. The summed E-state index contributed by atoms with van der Waals surface area (Å²) in [5.74, 6) is 0.743. The van der Waals surface area contributed by atoms with Crippen molar-refractivity contribution in [3.63, 3.8) is 0 Å². The van der Waals surface area contributed by atoms with Crippen LogP contribution in [-0.4, -0.2) is 26.1 Å².